The molecule has 2 aromatic rings. The third-order valence-corrected chi connectivity index (χ3v) is 3.94. The van der Waals surface area contributed by atoms with E-state index in [0.29, 0.717) is 11.1 Å². The number of rotatable bonds is 3. The van der Waals surface area contributed by atoms with E-state index < -0.39 is 17.7 Å². The number of aliphatic hydroxyl groups excluding tert-OH is 1. The lowest BCUT2D eigenvalue weighted by molar-refractivity contribution is -0.135. The normalized spacial score (nSPS) is 15.1. The SMILES string of the molecule is COC(=O)C(C1=NC(=NC(=O)c2ccccc2F)c2ccccc21)=C(C)O. The molecule has 1 N–H and O–H groups in total. The standard InChI is InChI=1S/C20H15FN2O4/c1-11(24)16(20(26)27-2)17-12-7-3-4-8-13(12)18(22-17)23-19(25)14-9-5-6-10-15(14)21/h3-10,24H,1-2H3. The van der Waals surface area contributed by atoms with Gasteiger partial charge < -0.3 is 9.84 Å². The van der Waals surface area contributed by atoms with Crippen LogP contribution < -0.4 is 0 Å². The summed E-state index contributed by atoms with van der Waals surface area (Å²) >= 11 is 0. The van der Waals surface area contributed by atoms with Crippen molar-refractivity contribution in [1.82, 2.24) is 0 Å². The minimum absolute atomic E-state index is 0.0245. The van der Waals surface area contributed by atoms with Gasteiger partial charge in [0.2, 0.25) is 0 Å². The van der Waals surface area contributed by atoms with Gasteiger partial charge in [0.25, 0.3) is 5.91 Å². The summed E-state index contributed by atoms with van der Waals surface area (Å²) in [6, 6.07) is 12.3. The number of amidine groups is 1. The van der Waals surface area contributed by atoms with Gasteiger partial charge in [-0.15, -0.1) is 0 Å². The Morgan fingerprint density at radius 3 is 2.33 bits per heavy atom. The zero-order valence-electron chi connectivity index (χ0n) is 14.6. The van der Waals surface area contributed by atoms with Crippen molar-refractivity contribution in [3.63, 3.8) is 0 Å². The fourth-order valence-corrected chi connectivity index (χ4v) is 2.70. The number of amides is 1. The zero-order valence-corrected chi connectivity index (χ0v) is 14.6. The van der Waals surface area contributed by atoms with E-state index in [4.69, 9.17) is 4.74 Å². The summed E-state index contributed by atoms with van der Waals surface area (Å²) in [5.41, 5.74) is 0.811. The van der Waals surface area contributed by atoms with E-state index in [9.17, 15) is 19.1 Å². The first kappa shape index (κ1) is 18.2. The van der Waals surface area contributed by atoms with Gasteiger partial charge in [0.05, 0.1) is 18.4 Å². The molecule has 27 heavy (non-hydrogen) atoms. The topological polar surface area (TPSA) is 88.3 Å². The molecule has 0 radical (unpaired) electrons. The number of hydrogen-bond donors (Lipinski definition) is 1. The van der Waals surface area contributed by atoms with Crippen LogP contribution in [0.25, 0.3) is 0 Å². The number of aliphatic imine (C=N–C) groups is 2. The fourth-order valence-electron chi connectivity index (χ4n) is 2.70. The number of benzene rings is 2. The molecule has 0 saturated carbocycles. The van der Waals surface area contributed by atoms with E-state index in [0.717, 1.165) is 6.07 Å². The first-order valence-electron chi connectivity index (χ1n) is 7.98. The maximum Gasteiger partial charge on any atom is 0.343 e. The van der Waals surface area contributed by atoms with E-state index in [1.54, 1.807) is 24.3 Å². The van der Waals surface area contributed by atoms with Crippen molar-refractivity contribution >= 4 is 23.4 Å². The summed E-state index contributed by atoms with van der Waals surface area (Å²) in [6.45, 7) is 1.33. The van der Waals surface area contributed by atoms with Crippen molar-refractivity contribution in [3.8, 4) is 0 Å². The van der Waals surface area contributed by atoms with Gasteiger partial charge in [0, 0.05) is 11.1 Å². The van der Waals surface area contributed by atoms with Crippen molar-refractivity contribution in [3.05, 3.63) is 82.4 Å². The Morgan fingerprint density at radius 1 is 1.07 bits per heavy atom. The molecular formula is C20H15FN2O4. The summed E-state index contributed by atoms with van der Waals surface area (Å²) in [5, 5.41) is 9.92. The number of methoxy groups -OCH3 is 1. The third-order valence-electron chi connectivity index (χ3n) is 3.94. The van der Waals surface area contributed by atoms with Crippen LogP contribution in [-0.4, -0.2) is 35.6 Å². The first-order chi connectivity index (χ1) is 12.9. The predicted molar refractivity (Wildman–Crippen MR) is 97.6 cm³/mol. The summed E-state index contributed by atoms with van der Waals surface area (Å²) < 4.78 is 18.6. The average Bonchev–Trinajstić information content (AvgIpc) is 3.00. The average molecular weight is 366 g/mol. The molecule has 6 nitrogen and oxygen atoms in total. The minimum Gasteiger partial charge on any atom is -0.512 e. The number of esters is 1. The molecule has 0 atom stereocenters. The van der Waals surface area contributed by atoms with E-state index in [-0.39, 0.29) is 28.4 Å². The molecule has 7 heteroatoms. The molecule has 136 valence electrons. The molecule has 1 heterocycles. The van der Waals surface area contributed by atoms with Gasteiger partial charge >= 0.3 is 5.97 Å². The highest BCUT2D eigenvalue weighted by molar-refractivity contribution is 6.36. The van der Waals surface area contributed by atoms with Crippen LogP contribution >= 0.6 is 0 Å². The molecular weight excluding hydrogens is 351 g/mol. The van der Waals surface area contributed by atoms with Crippen molar-refractivity contribution in [2.24, 2.45) is 9.98 Å². The van der Waals surface area contributed by atoms with Crippen molar-refractivity contribution < 1.29 is 23.8 Å². The number of carbonyl (C=O) groups excluding carboxylic acids is 2. The first-order valence-corrected chi connectivity index (χ1v) is 7.98. The number of halogens is 1. The summed E-state index contributed by atoms with van der Waals surface area (Å²) in [7, 11) is 1.18. The second-order valence-electron chi connectivity index (χ2n) is 5.68. The number of carbonyl (C=O) groups is 2. The minimum atomic E-state index is -0.799. The lowest BCUT2D eigenvalue weighted by atomic mass is 9.99. The Morgan fingerprint density at radius 2 is 1.70 bits per heavy atom. The Labute approximate surface area is 154 Å². The summed E-state index contributed by atoms with van der Waals surface area (Å²) in [4.78, 5) is 32.6. The summed E-state index contributed by atoms with van der Waals surface area (Å²) in [5.74, 6) is -2.52. The Kier molecular flexibility index (Phi) is 4.94. The lowest BCUT2D eigenvalue weighted by Gasteiger charge is -2.07. The molecule has 0 unspecified atom stereocenters. The van der Waals surface area contributed by atoms with E-state index in [1.807, 2.05) is 0 Å². The largest absolute Gasteiger partial charge is 0.512 e. The molecule has 3 rings (SSSR count). The van der Waals surface area contributed by atoms with E-state index in [2.05, 4.69) is 9.98 Å². The highest BCUT2D eigenvalue weighted by Gasteiger charge is 2.30. The molecule has 0 fully saturated rings. The predicted octanol–water partition coefficient (Wildman–Crippen LogP) is 3.22. The van der Waals surface area contributed by atoms with Crippen LogP contribution in [0.5, 0.6) is 0 Å². The number of nitrogens with zero attached hydrogens (tertiary/aromatic N) is 2. The highest BCUT2D eigenvalue weighted by Crippen LogP contribution is 2.25. The van der Waals surface area contributed by atoms with Crippen LogP contribution in [0, 0.1) is 5.82 Å². The lowest BCUT2D eigenvalue weighted by Crippen LogP contribution is -2.16. The smallest absolute Gasteiger partial charge is 0.343 e. The Balaban J connectivity index is 2.14. The van der Waals surface area contributed by atoms with Crippen LogP contribution in [0.15, 0.2) is 69.8 Å². The second-order valence-corrected chi connectivity index (χ2v) is 5.68. The van der Waals surface area contributed by atoms with E-state index in [1.165, 1.54) is 32.2 Å². The quantitative estimate of drug-likeness (QED) is 0.513. The van der Waals surface area contributed by atoms with Gasteiger partial charge in [0.15, 0.2) is 5.84 Å². The number of aliphatic hydroxyl groups is 1. The fraction of sp³-hybridized carbons (Fsp3) is 0.100. The van der Waals surface area contributed by atoms with E-state index >= 15 is 0 Å². The molecule has 0 aliphatic carbocycles. The van der Waals surface area contributed by atoms with Crippen LogP contribution in [0.2, 0.25) is 0 Å². The molecule has 0 saturated heterocycles. The maximum absolute atomic E-state index is 13.8. The molecule has 1 amide bonds. The van der Waals surface area contributed by atoms with Crippen molar-refractivity contribution in [1.29, 1.82) is 0 Å². The molecule has 0 spiro atoms. The van der Waals surface area contributed by atoms with Crippen LogP contribution in [0.1, 0.15) is 28.4 Å². The van der Waals surface area contributed by atoms with Crippen LogP contribution in [0.4, 0.5) is 4.39 Å². The number of fused-ring (bicyclic) bond motifs is 1. The van der Waals surface area contributed by atoms with Crippen LogP contribution in [0.3, 0.4) is 0 Å². The molecule has 1 aliphatic rings. The van der Waals surface area contributed by atoms with Crippen molar-refractivity contribution in [2.45, 2.75) is 6.92 Å². The number of allylic oxidation sites excluding steroid dienone is 1. The third kappa shape index (κ3) is 3.39. The highest BCUT2D eigenvalue weighted by atomic mass is 19.1. The number of hydrogen-bond acceptors (Lipinski definition) is 4. The molecule has 0 aromatic heterocycles. The van der Waals surface area contributed by atoms with Crippen molar-refractivity contribution in [2.75, 3.05) is 7.11 Å². The molecule has 2 aromatic carbocycles. The molecule has 1 aliphatic heterocycles. The monoisotopic (exact) mass is 366 g/mol. The van der Waals surface area contributed by atoms with Gasteiger partial charge in [-0.25, -0.2) is 14.2 Å². The van der Waals surface area contributed by atoms with Crippen LogP contribution in [-0.2, 0) is 9.53 Å². The Bertz CT molecular complexity index is 1030. The maximum atomic E-state index is 13.8. The summed E-state index contributed by atoms with van der Waals surface area (Å²) in [6.07, 6.45) is 0. The Hall–Kier alpha value is -3.61. The zero-order chi connectivity index (χ0) is 19.6. The van der Waals surface area contributed by atoms with Gasteiger partial charge in [-0.05, 0) is 19.1 Å². The van der Waals surface area contributed by atoms with Gasteiger partial charge in [-0.1, -0.05) is 36.4 Å². The molecule has 0 bridgehead atoms. The van der Waals surface area contributed by atoms with Gasteiger partial charge in [0.1, 0.15) is 17.1 Å². The number of ether oxygens (including phenoxy) is 1. The van der Waals surface area contributed by atoms with Gasteiger partial charge in [-0.3, -0.25) is 4.79 Å². The second kappa shape index (κ2) is 7.33. The van der Waals surface area contributed by atoms with Gasteiger partial charge in [-0.2, -0.15) is 4.99 Å².